The second-order valence-corrected chi connectivity index (χ2v) is 7.28. The van der Waals surface area contributed by atoms with Gasteiger partial charge in [0.1, 0.15) is 0 Å². The summed E-state index contributed by atoms with van der Waals surface area (Å²) in [5.41, 5.74) is 0.996. The summed E-state index contributed by atoms with van der Waals surface area (Å²) in [4.78, 5) is 4.53. The van der Waals surface area contributed by atoms with Gasteiger partial charge in [0.2, 0.25) is 0 Å². The first-order valence-corrected chi connectivity index (χ1v) is 8.26. The smallest absolute Gasteiger partial charge is 0.0793 e. The average Bonchev–Trinajstić information content (AvgIpc) is 2.36. The number of hydrogen-bond acceptors (Lipinski definition) is 1. The summed E-state index contributed by atoms with van der Waals surface area (Å²) in [7, 11) is 0. The van der Waals surface area contributed by atoms with E-state index in [2.05, 4.69) is 86.9 Å². The van der Waals surface area contributed by atoms with Crippen LogP contribution in [0.25, 0.3) is 21.7 Å². The average molecular weight is 495 g/mol. The largest absolute Gasteiger partial charge is 0.254 e. The minimum atomic E-state index is 0.971. The van der Waals surface area contributed by atoms with Gasteiger partial charge in [0.15, 0.2) is 0 Å². The van der Waals surface area contributed by atoms with Crippen molar-refractivity contribution in [1.29, 1.82) is 0 Å². The lowest BCUT2D eigenvalue weighted by atomic mass is 10.1. The molecule has 0 aliphatic carbocycles. The lowest BCUT2D eigenvalue weighted by Crippen LogP contribution is -1.86. The van der Waals surface area contributed by atoms with E-state index < -0.39 is 0 Å². The van der Waals surface area contributed by atoms with E-state index in [9.17, 15) is 0 Å². The van der Waals surface area contributed by atoms with Crippen LogP contribution in [0.15, 0.2) is 48.4 Å². The second-order valence-electron chi connectivity index (χ2n) is 3.87. The van der Waals surface area contributed by atoms with Gasteiger partial charge in [-0.25, -0.2) is 0 Å². The van der Waals surface area contributed by atoms with Crippen LogP contribution >= 0.6 is 63.7 Å². The molecule has 90 valence electrons. The zero-order chi connectivity index (χ0) is 12.9. The number of nitrogens with zero attached hydrogens (tertiary/aromatic N) is 1. The van der Waals surface area contributed by atoms with E-state index >= 15 is 0 Å². The van der Waals surface area contributed by atoms with Crippen LogP contribution in [0.1, 0.15) is 0 Å². The third kappa shape index (κ3) is 2.05. The summed E-state index contributed by atoms with van der Waals surface area (Å²) < 4.78 is 4.10. The second kappa shape index (κ2) is 4.85. The zero-order valence-electron chi connectivity index (χ0n) is 8.85. The highest BCUT2D eigenvalue weighted by Gasteiger charge is 2.12. The lowest BCUT2D eigenvalue weighted by Gasteiger charge is -2.09. The Morgan fingerprint density at radius 3 is 2.17 bits per heavy atom. The normalized spacial score (nSPS) is 11.3. The molecule has 3 aromatic rings. The van der Waals surface area contributed by atoms with Gasteiger partial charge in [0.05, 0.1) is 5.52 Å². The molecule has 5 heteroatoms. The maximum absolute atomic E-state index is 4.53. The van der Waals surface area contributed by atoms with Crippen molar-refractivity contribution in [3.8, 4) is 0 Å². The highest BCUT2D eigenvalue weighted by atomic mass is 79.9. The van der Waals surface area contributed by atoms with E-state index in [0.717, 1.165) is 39.6 Å². The van der Waals surface area contributed by atoms with Crippen molar-refractivity contribution in [2.75, 3.05) is 0 Å². The molecule has 0 saturated heterocycles. The predicted octanol–water partition coefficient (Wildman–Crippen LogP) is 6.44. The van der Waals surface area contributed by atoms with Gasteiger partial charge < -0.3 is 0 Å². The van der Waals surface area contributed by atoms with E-state index in [-0.39, 0.29) is 0 Å². The molecule has 0 fully saturated rings. The summed E-state index contributed by atoms with van der Waals surface area (Å²) >= 11 is 14.3. The van der Waals surface area contributed by atoms with Crippen molar-refractivity contribution in [3.63, 3.8) is 0 Å². The Morgan fingerprint density at radius 1 is 0.722 bits per heavy atom. The van der Waals surface area contributed by atoms with Crippen LogP contribution in [0.2, 0.25) is 0 Å². The number of hydrogen-bond donors (Lipinski definition) is 0. The number of benzene rings is 2. The summed E-state index contributed by atoms with van der Waals surface area (Å²) in [5, 5.41) is 3.36. The molecule has 18 heavy (non-hydrogen) atoms. The van der Waals surface area contributed by atoms with Gasteiger partial charge in [-0.05, 0) is 66.0 Å². The first kappa shape index (κ1) is 13.0. The van der Waals surface area contributed by atoms with Gasteiger partial charge in [0.25, 0.3) is 0 Å². The Bertz CT molecular complexity index is 716. The summed E-state index contributed by atoms with van der Waals surface area (Å²) in [5.74, 6) is 0. The molecule has 0 spiro atoms. The third-order valence-electron chi connectivity index (χ3n) is 2.76. The van der Waals surface area contributed by atoms with Crippen LogP contribution in [0.5, 0.6) is 0 Å². The number of fused-ring (bicyclic) bond motifs is 3. The Labute approximate surface area is 137 Å². The fourth-order valence-electron chi connectivity index (χ4n) is 1.96. The number of rotatable bonds is 0. The maximum Gasteiger partial charge on any atom is 0.0793 e. The van der Waals surface area contributed by atoms with Crippen LogP contribution in [-0.4, -0.2) is 4.98 Å². The SMILES string of the molecule is Brc1ccc2c(c1)c(Br)c(Br)c1cc(Br)cnc12. The highest BCUT2D eigenvalue weighted by molar-refractivity contribution is 9.13. The molecule has 0 N–H and O–H groups in total. The predicted molar refractivity (Wildman–Crippen MR) is 90.0 cm³/mol. The van der Waals surface area contributed by atoms with Crippen LogP contribution in [0.3, 0.4) is 0 Å². The van der Waals surface area contributed by atoms with Gasteiger partial charge in [0, 0.05) is 40.2 Å². The Hall–Kier alpha value is 0.0300. The minimum absolute atomic E-state index is 0.971. The lowest BCUT2D eigenvalue weighted by molar-refractivity contribution is 1.40. The fourth-order valence-corrected chi connectivity index (χ4v) is 3.71. The topological polar surface area (TPSA) is 12.9 Å². The molecule has 1 heterocycles. The van der Waals surface area contributed by atoms with E-state index in [4.69, 9.17) is 0 Å². The number of halogens is 4. The summed E-state index contributed by atoms with van der Waals surface area (Å²) in [6, 6.07) is 8.28. The van der Waals surface area contributed by atoms with Gasteiger partial charge in [-0.3, -0.25) is 4.98 Å². The molecule has 0 amide bonds. The monoisotopic (exact) mass is 491 g/mol. The quantitative estimate of drug-likeness (QED) is 0.328. The fraction of sp³-hybridized carbons (Fsp3) is 0. The molecule has 0 atom stereocenters. The molecule has 0 unspecified atom stereocenters. The van der Waals surface area contributed by atoms with Crippen LogP contribution in [0, 0.1) is 0 Å². The van der Waals surface area contributed by atoms with Crippen molar-refractivity contribution >= 4 is 85.4 Å². The van der Waals surface area contributed by atoms with Crippen molar-refractivity contribution in [1.82, 2.24) is 4.98 Å². The van der Waals surface area contributed by atoms with E-state index in [0.29, 0.717) is 0 Å². The molecule has 2 aromatic carbocycles. The van der Waals surface area contributed by atoms with Crippen molar-refractivity contribution in [2.45, 2.75) is 0 Å². The molecule has 0 saturated carbocycles. The molecule has 1 nitrogen and oxygen atoms in total. The summed E-state index contributed by atoms with van der Waals surface area (Å²) in [6.45, 7) is 0. The maximum atomic E-state index is 4.53. The molecule has 0 bridgehead atoms. The van der Waals surface area contributed by atoms with Crippen LogP contribution in [0.4, 0.5) is 0 Å². The van der Waals surface area contributed by atoms with E-state index in [1.807, 2.05) is 12.3 Å². The Kier molecular flexibility index (Phi) is 3.51. The first-order valence-electron chi connectivity index (χ1n) is 5.09. The first-order chi connectivity index (χ1) is 8.58. The minimum Gasteiger partial charge on any atom is -0.254 e. The van der Waals surface area contributed by atoms with E-state index in [1.54, 1.807) is 0 Å². The highest BCUT2D eigenvalue weighted by Crippen LogP contribution is 2.40. The van der Waals surface area contributed by atoms with Gasteiger partial charge >= 0.3 is 0 Å². The van der Waals surface area contributed by atoms with Crippen LogP contribution < -0.4 is 0 Å². The van der Waals surface area contributed by atoms with Gasteiger partial charge in [-0.1, -0.05) is 22.0 Å². The molecule has 3 rings (SSSR count). The molecule has 0 radical (unpaired) electrons. The molecular formula is C13H5Br4N. The van der Waals surface area contributed by atoms with Gasteiger partial charge in [-0.2, -0.15) is 0 Å². The Balaban J connectivity index is 2.62. The Morgan fingerprint density at radius 2 is 1.39 bits per heavy atom. The van der Waals surface area contributed by atoms with Crippen molar-refractivity contribution in [3.05, 3.63) is 48.4 Å². The van der Waals surface area contributed by atoms with E-state index in [1.165, 1.54) is 0 Å². The molecular weight excluding hydrogens is 490 g/mol. The summed E-state index contributed by atoms with van der Waals surface area (Å²) in [6.07, 6.45) is 1.82. The number of pyridine rings is 1. The molecule has 1 aromatic heterocycles. The molecule has 0 aliphatic heterocycles. The van der Waals surface area contributed by atoms with Crippen molar-refractivity contribution in [2.24, 2.45) is 0 Å². The zero-order valence-corrected chi connectivity index (χ0v) is 15.2. The number of aromatic nitrogens is 1. The van der Waals surface area contributed by atoms with Gasteiger partial charge in [-0.15, -0.1) is 0 Å². The third-order valence-corrected chi connectivity index (χ3v) is 5.86. The standard InChI is InChI=1S/C13H5Br4N/c14-6-1-2-8-9(3-6)11(16)12(17)10-4-7(15)5-18-13(8)10/h1-5H. The van der Waals surface area contributed by atoms with Crippen molar-refractivity contribution < 1.29 is 0 Å². The molecule has 0 aliphatic rings. The van der Waals surface area contributed by atoms with Crippen LogP contribution in [-0.2, 0) is 0 Å².